The van der Waals surface area contributed by atoms with Gasteiger partial charge in [0.1, 0.15) is 0 Å². The van der Waals surface area contributed by atoms with E-state index in [4.69, 9.17) is 23.2 Å². The zero-order valence-corrected chi connectivity index (χ0v) is 16.4. The molecule has 0 unspecified atom stereocenters. The number of sulfonamides is 1. The van der Waals surface area contributed by atoms with Crippen LogP contribution in [-0.4, -0.2) is 13.4 Å². The molecule has 0 aliphatic rings. The number of anilines is 1. The number of thiazole rings is 1. The fourth-order valence-electron chi connectivity index (χ4n) is 2.14. The van der Waals surface area contributed by atoms with Crippen molar-refractivity contribution in [3.05, 3.63) is 50.6 Å². The summed E-state index contributed by atoms with van der Waals surface area (Å²) < 4.78 is 27.9. The number of nitrogens with one attached hydrogen (secondary N) is 1. The van der Waals surface area contributed by atoms with Crippen LogP contribution in [0.1, 0.15) is 12.5 Å². The van der Waals surface area contributed by atoms with Gasteiger partial charge in [0.25, 0.3) is 10.0 Å². The number of thiophene rings is 1. The van der Waals surface area contributed by atoms with Crippen LogP contribution in [0.2, 0.25) is 10.0 Å². The molecule has 0 atom stereocenters. The van der Waals surface area contributed by atoms with Gasteiger partial charge in [0.15, 0.2) is 5.13 Å². The predicted octanol–water partition coefficient (Wildman–Crippen LogP) is 5.54. The molecule has 1 aromatic carbocycles. The van der Waals surface area contributed by atoms with E-state index >= 15 is 0 Å². The molecule has 0 saturated heterocycles. The molecule has 0 spiro atoms. The summed E-state index contributed by atoms with van der Waals surface area (Å²) >= 11 is 14.7. The zero-order chi connectivity index (χ0) is 17.3. The average Bonchev–Trinajstić information content (AvgIpc) is 3.15. The van der Waals surface area contributed by atoms with Crippen molar-refractivity contribution in [2.24, 2.45) is 0 Å². The zero-order valence-electron chi connectivity index (χ0n) is 12.4. The number of aromatic nitrogens is 1. The normalized spacial score (nSPS) is 11.6. The number of nitrogens with zero attached hydrogens (tertiary/aromatic N) is 1. The summed E-state index contributed by atoms with van der Waals surface area (Å²) in [7, 11) is -3.76. The molecule has 0 radical (unpaired) electrons. The number of hydrogen-bond donors (Lipinski definition) is 1. The highest BCUT2D eigenvalue weighted by Gasteiger charge is 2.20. The topological polar surface area (TPSA) is 59.1 Å². The molecular formula is C15H12Cl2N2O2S3. The molecule has 1 N–H and O–H groups in total. The number of hydrogen-bond acceptors (Lipinski definition) is 5. The fourth-order valence-corrected chi connectivity index (χ4v) is 5.86. The van der Waals surface area contributed by atoms with Crippen molar-refractivity contribution in [2.75, 3.05) is 4.72 Å². The Bertz CT molecular complexity index is 980. The number of aryl methyl sites for hydroxylation is 1. The van der Waals surface area contributed by atoms with Crippen LogP contribution in [0.15, 0.2) is 39.9 Å². The Kier molecular flexibility index (Phi) is 5.17. The lowest BCUT2D eigenvalue weighted by Crippen LogP contribution is -2.14. The van der Waals surface area contributed by atoms with Gasteiger partial charge in [-0.15, -0.1) is 22.7 Å². The van der Waals surface area contributed by atoms with Crippen LogP contribution in [0, 0.1) is 0 Å². The summed E-state index contributed by atoms with van der Waals surface area (Å²) in [6, 6.07) is 6.63. The number of halogens is 2. The van der Waals surface area contributed by atoms with Crippen LogP contribution < -0.4 is 4.72 Å². The SMILES string of the molecule is CCc1ccc(Cl)cc1S(=O)(=O)Nc1nc(-c2sccc2Cl)cs1. The molecule has 4 nitrogen and oxygen atoms in total. The van der Waals surface area contributed by atoms with Crippen LogP contribution in [0.5, 0.6) is 0 Å². The van der Waals surface area contributed by atoms with Crippen molar-refractivity contribution < 1.29 is 8.42 Å². The van der Waals surface area contributed by atoms with E-state index in [0.717, 1.165) is 4.88 Å². The smallest absolute Gasteiger partial charge is 0.255 e. The van der Waals surface area contributed by atoms with Gasteiger partial charge in [0, 0.05) is 10.4 Å². The first kappa shape index (κ1) is 17.7. The fraction of sp³-hybridized carbons (Fsp3) is 0.133. The molecule has 3 aromatic rings. The Hall–Kier alpha value is -1.12. The standard InChI is InChI=1S/C15H12Cl2N2O2S3/c1-2-9-3-4-10(16)7-13(9)24(20,21)19-15-18-12(8-23-15)14-11(17)5-6-22-14/h3-8H,2H2,1H3,(H,18,19). The number of benzene rings is 1. The molecule has 0 bridgehead atoms. The van der Waals surface area contributed by atoms with Crippen molar-refractivity contribution in [1.29, 1.82) is 0 Å². The Labute approximate surface area is 158 Å². The molecule has 3 rings (SSSR count). The second kappa shape index (κ2) is 7.01. The third-order valence-electron chi connectivity index (χ3n) is 3.28. The van der Waals surface area contributed by atoms with Crippen molar-refractivity contribution in [3.63, 3.8) is 0 Å². The summed E-state index contributed by atoms with van der Waals surface area (Å²) in [5.74, 6) is 0. The lowest BCUT2D eigenvalue weighted by molar-refractivity contribution is 0.600. The van der Waals surface area contributed by atoms with Crippen LogP contribution in [0.25, 0.3) is 10.6 Å². The maximum Gasteiger partial charge on any atom is 0.263 e. The Morgan fingerprint density at radius 1 is 1.21 bits per heavy atom. The summed E-state index contributed by atoms with van der Waals surface area (Å²) in [5.41, 5.74) is 1.35. The van der Waals surface area contributed by atoms with Gasteiger partial charge in [-0.1, -0.05) is 36.2 Å². The molecule has 24 heavy (non-hydrogen) atoms. The summed E-state index contributed by atoms with van der Waals surface area (Å²) in [5, 5.41) is 4.89. The minimum Gasteiger partial charge on any atom is -0.255 e. The van der Waals surface area contributed by atoms with E-state index in [9.17, 15) is 8.42 Å². The average molecular weight is 419 g/mol. The van der Waals surface area contributed by atoms with Gasteiger partial charge in [-0.25, -0.2) is 13.4 Å². The van der Waals surface area contributed by atoms with Gasteiger partial charge < -0.3 is 0 Å². The van der Waals surface area contributed by atoms with Gasteiger partial charge in [-0.3, -0.25) is 4.72 Å². The monoisotopic (exact) mass is 418 g/mol. The molecule has 0 fully saturated rings. The van der Waals surface area contributed by atoms with Gasteiger partial charge >= 0.3 is 0 Å². The summed E-state index contributed by atoms with van der Waals surface area (Å²) in [4.78, 5) is 5.31. The largest absolute Gasteiger partial charge is 0.263 e. The lowest BCUT2D eigenvalue weighted by Gasteiger charge is -2.10. The van der Waals surface area contributed by atoms with Crippen LogP contribution in [0.3, 0.4) is 0 Å². The van der Waals surface area contributed by atoms with Gasteiger partial charge in [0.2, 0.25) is 0 Å². The maximum atomic E-state index is 12.7. The second-order valence-corrected chi connectivity index (χ2v) is 9.12. The molecule has 0 aliphatic heterocycles. The lowest BCUT2D eigenvalue weighted by atomic mass is 10.2. The van der Waals surface area contributed by atoms with Crippen molar-refractivity contribution in [1.82, 2.24) is 4.98 Å². The summed E-state index contributed by atoms with van der Waals surface area (Å²) in [6.45, 7) is 1.89. The van der Waals surface area contributed by atoms with Crippen LogP contribution in [-0.2, 0) is 16.4 Å². The first-order valence-electron chi connectivity index (χ1n) is 6.91. The minimum atomic E-state index is -3.76. The quantitative estimate of drug-likeness (QED) is 0.591. The third-order valence-corrected chi connectivity index (χ3v) is 7.18. The van der Waals surface area contributed by atoms with Crippen molar-refractivity contribution >= 4 is 61.0 Å². The third kappa shape index (κ3) is 3.60. The first-order chi connectivity index (χ1) is 11.4. The predicted molar refractivity (Wildman–Crippen MR) is 102 cm³/mol. The van der Waals surface area contributed by atoms with Crippen molar-refractivity contribution in [3.8, 4) is 10.6 Å². The molecule has 126 valence electrons. The Morgan fingerprint density at radius 3 is 2.67 bits per heavy atom. The van der Waals surface area contributed by atoms with E-state index in [1.165, 1.54) is 28.7 Å². The van der Waals surface area contributed by atoms with E-state index in [1.807, 2.05) is 12.3 Å². The molecule has 2 aromatic heterocycles. The first-order valence-corrected chi connectivity index (χ1v) is 10.9. The molecule has 0 saturated carbocycles. The summed E-state index contributed by atoms with van der Waals surface area (Å²) in [6.07, 6.45) is 0.585. The number of rotatable bonds is 5. The second-order valence-electron chi connectivity index (χ2n) is 4.85. The van der Waals surface area contributed by atoms with Gasteiger partial charge in [-0.2, -0.15) is 0 Å². The maximum absolute atomic E-state index is 12.7. The highest BCUT2D eigenvalue weighted by atomic mass is 35.5. The molecule has 0 aliphatic carbocycles. The molecule has 2 heterocycles. The van der Waals surface area contributed by atoms with Crippen LogP contribution in [0.4, 0.5) is 5.13 Å². The van der Waals surface area contributed by atoms with Crippen LogP contribution >= 0.6 is 45.9 Å². The highest BCUT2D eigenvalue weighted by Crippen LogP contribution is 2.35. The van der Waals surface area contributed by atoms with Gasteiger partial charge in [0.05, 0.1) is 20.5 Å². The van der Waals surface area contributed by atoms with E-state index in [-0.39, 0.29) is 10.0 Å². The van der Waals surface area contributed by atoms with Gasteiger partial charge in [-0.05, 0) is 35.6 Å². The van der Waals surface area contributed by atoms with E-state index in [1.54, 1.807) is 23.6 Å². The molecular weight excluding hydrogens is 407 g/mol. The Morgan fingerprint density at radius 2 is 2.00 bits per heavy atom. The van der Waals surface area contributed by atoms with E-state index in [2.05, 4.69) is 9.71 Å². The molecule has 9 heteroatoms. The minimum absolute atomic E-state index is 0.170. The molecule has 0 amide bonds. The Balaban J connectivity index is 1.92. The highest BCUT2D eigenvalue weighted by molar-refractivity contribution is 7.93. The van der Waals surface area contributed by atoms with E-state index in [0.29, 0.717) is 27.7 Å². The van der Waals surface area contributed by atoms with Crippen molar-refractivity contribution in [2.45, 2.75) is 18.2 Å². The van der Waals surface area contributed by atoms with E-state index < -0.39 is 10.0 Å².